The van der Waals surface area contributed by atoms with Gasteiger partial charge < -0.3 is 9.80 Å². The van der Waals surface area contributed by atoms with E-state index in [1.807, 2.05) is 0 Å². The first-order chi connectivity index (χ1) is 7.11. The molecule has 84 valence electrons. The van der Waals surface area contributed by atoms with Gasteiger partial charge in [-0.15, -0.1) is 0 Å². The molecule has 0 amide bonds. The zero-order valence-electron chi connectivity index (χ0n) is 10.3. The Kier molecular flexibility index (Phi) is 4.79. The molecule has 0 spiro atoms. The number of rotatable bonds is 5. The summed E-state index contributed by atoms with van der Waals surface area (Å²) in [4.78, 5) is 4.53. The van der Waals surface area contributed by atoms with Gasteiger partial charge in [-0.2, -0.15) is 0 Å². The normalized spacial score (nSPS) is 13.5. The van der Waals surface area contributed by atoms with E-state index in [-0.39, 0.29) is 0 Å². The lowest BCUT2D eigenvalue weighted by molar-refractivity contribution is 0.254. The summed E-state index contributed by atoms with van der Waals surface area (Å²) in [5.74, 6) is 0. The molecule has 2 heteroatoms. The predicted molar refractivity (Wildman–Crippen MR) is 66.0 cm³/mol. The molecule has 0 aliphatic rings. The topological polar surface area (TPSA) is 6.48 Å². The van der Waals surface area contributed by atoms with Crippen molar-refractivity contribution < 1.29 is 0 Å². The average molecular weight is 206 g/mol. The standard InChI is InChI=1S/C13H22N2/c1-14(2)11-10-13(15(3)4)12-8-6-5-7-9-12/h5-9,13H,10-11H2,1-4H3. The molecule has 2 nitrogen and oxygen atoms in total. The fourth-order valence-corrected chi connectivity index (χ4v) is 1.78. The molecule has 0 aliphatic heterocycles. The molecule has 0 bridgehead atoms. The van der Waals surface area contributed by atoms with E-state index < -0.39 is 0 Å². The van der Waals surface area contributed by atoms with E-state index in [1.54, 1.807) is 0 Å². The van der Waals surface area contributed by atoms with Gasteiger partial charge in [-0.05, 0) is 46.7 Å². The van der Waals surface area contributed by atoms with E-state index in [9.17, 15) is 0 Å². The molecule has 1 rings (SSSR count). The second kappa shape index (κ2) is 5.89. The summed E-state index contributed by atoms with van der Waals surface area (Å²) in [7, 11) is 8.54. The van der Waals surface area contributed by atoms with Gasteiger partial charge in [0.25, 0.3) is 0 Å². The van der Waals surface area contributed by atoms with Gasteiger partial charge in [0.05, 0.1) is 0 Å². The van der Waals surface area contributed by atoms with Crippen LogP contribution in [0.1, 0.15) is 18.0 Å². The lowest BCUT2D eigenvalue weighted by atomic mass is 10.0. The molecule has 0 saturated heterocycles. The summed E-state index contributed by atoms with van der Waals surface area (Å²) >= 11 is 0. The van der Waals surface area contributed by atoms with Gasteiger partial charge in [-0.3, -0.25) is 0 Å². The zero-order valence-corrected chi connectivity index (χ0v) is 10.3. The number of hydrogen-bond acceptors (Lipinski definition) is 2. The average Bonchev–Trinajstić information content (AvgIpc) is 2.18. The molecule has 1 aromatic rings. The maximum absolute atomic E-state index is 2.29. The second-order valence-electron chi connectivity index (χ2n) is 4.48. The lowest BCUT2D eigenvalue weighted by Gasteiger charge is -2.26. The van der Waals surface area contributed by atoms with Crippen LogP contribution < -0.4 is 0 Å². The summed E-state index contributed by atoms with van der Waals surface area (Å²) in [5, 5.41) is 0. The summed E-state index contributed by atoms with van der Waals surface area (Å²) in [6.07, 6.45) is 1.17. The Balaban J connectivity index is 2.66. The van der Waals surface area contributed by atoms with Crippen molar-refractivity contribution in [3.05, 3.63) is 35.9 Å². The monoisotopic (exact) mass is 206 g/mol. The van der Waals surface area contributed by atoms with Crippen molar-refractivity contribution in [3.63, 3.8) is 0 Å². The first kappa shape index (κ1) is 12.2. The van der Waals surface area contributed by atoms with Crippen molar-refractivity contribution in [2.24, 2.45) is 0 Å². The maximum Gasteiger partial charge on any atom is 0.0354 e. The van der Waals surface area contributed by atoms with Crippen molar-refractivity contribution in [2.75, 3.05) is 34.7 Å². The van der Waals surface area contributed by atoms with Crippen molar-refractivity contribution >= 4 is 0 Å². The quantitative estimate of drug-likeness (QED) is 0.729. The highest BCUT2D eigenvalue weighted by atomic mass is 15.1. The summed E-state index contributed by atoms with van der Waals surface area (Å²) in [6, 6.07) is 11.2. The van der Waals surface area contributed by atoms with Crippen LogP contribution in [0, 0.1) is 0 Å². The molecule has 1 aromatic carbocycles. The first-order valence-electron chi connectivity index (χ1n) is 5.47. The Hall–Kier alpha value is -0.860. The van der Waals surface area contributed by atoms with Crippen molar-refractivity contribution in [2.45, 2.75) is 12.5 Å². The minimum Gasteiger partial charge on any atom is -0.309 e. The Labute approximate surface area is 93.5 Å². The fourth-order valence-electron chi connectivity index (χ4n) is 1.78. The number of benzene rings is 1. The van der Waals surface area contributed by atoms with Gasteiger partial charge >= 0.3 is 0 Å². The van der Waals surface area contributed by atoms with Crippen molar-refractivity contribution in [1.82, 2.24) is 9.80 Å². The second-order valence-corrected chi connectivity index (χ2v) is 4.48. The Morgan fingerprint density at radius 2 is 1.60 bits per heavy atom. The van der Waals surface area contributed by atoms with E-state index in [0.29, 0.717) is 6.04 Å². The van der Waals surface area contributed by atoms with Crippen LogP contribution in [0.2, 0.25) is 0 Å². The molecule has 0 aromatic heterocycles. The molecule has 0 heterocycles. The Morgan fingerprint density at radius 1 is 1.00 bits per heavy atom. The van der Waals surface area contributed by atoms with Crippen LogP contribution in [0.3, 0.4) is 0 Å². The molecule has 0 fully saturated rings. The molecule has 0 N–H and O–H groups in total. The van der Waals surface area contributed by atoms with Gasteiger partial charge in [0.2, 0.25) is 0 Å². The predicted octanol–water partition coefficient (Wildman–Crippen LogP) is 2.24. The minimum absolute atomic E-state index is 0.522. The maximum atomic E-state index is 2.29. The fraction of sp³-hybridized carbons (Fsp3) is 0.538. The molecular formula is C13H22N2. The SMILES string of the molecule is CN(C)CCC(c1ccccc1)N(C)C. The molecule has 1 unspecified atom stereocenters. The van der Waals surface area contributed by atoms with Gasteiger partial charge in [0.15, 0.2) is 0 Å². The van der Waals surface area contributed by atoms with Crippen LogP contribution in [0.25, 0.3) is 0 Å². The third-order valence-electron chi connectivity index (χ3n) is 2.66. The molecular weight excluding hydrogens is 184 g/mol. The van der Waals surface area contributed by atoms with Crippen LogP contribution >= 0.6 is 0 Å². The van der Waals surface area contributed by atoms with Crippen LogP contribution in [0.15, 0.2) is 30.3 Å². The van der Waals surface area contributed by atoms with E-state index in [1.165, 1.54) is 12.0 Å². The summed E-state index contributed by atoms with van der Waals surface area (Å²) in [6.45, 7) is 1.12. The molecule has 0 saturated carbocycles. The minimum atomic E-state index is 0.522. The highest BCUT2D eigenvalue weighted by Gasteiger charge is 2.13. The molecule has 15 heavy (non-hydrogen) atoms. The van der Waals surface area contributed by atoms with E-state index in [0.717, 1.165) is 6.54 Å². The van der Waals surface area contributed by atoms with Crippen LogP contribution in [-0.2, 0) is 0 Å². The first-order valence-corrected chi connectivity index (χ1v) is 5.47. The molecule has 0 aliphatic carbocycles. The molecule has 0 radical (unpaired) electrons. The van der Waals surface area contributed by atoms with Gasteiger partial charge in [-0.25, -0.2) is 0 Å². The van der Waals surface area contributed by atoms with Crippen molar-refractivity contribution in [3.8, 4) is 0 Å². The largest absolute Gasteiger partial charge is 0.309 e. The van der Waals surface area contributed by atoms with Crippen molar-refractivity contribution in [1.29, 1.82) is 0 Å². The lowest BCUT2D eigenvalue weighted by Crippen LogP contribution is -2.24. The van der Waals surface area contributed by atoms with E-state index in [4.69, 9.17) is 0 Å². The number of nitrogens with zero attached hydrogens (tertiary/aromatic N) is 2. The van der Waals surface area contributed by atoms with E-state index in [2.05, 4.69) is 68.3 Å². The zero-order chi connectivity index (χ0) is 11.3. The van der Waals surface area contributed by atoms with Crippen LogP contribution in [-0.4, -0.2) is 44.5 Å². The van der Waals surface area contributed by atoms with Gasteiger partial charge in [0, 0.05) is 6.04 Å². The van der Waals surface area contributed by atoms with Crippen LogP contribution in [0.5, 0.6) is 0 Å². The third-order valence-corrected chi connectivity index (χ3v) is 2.66. The Bertz CT molecular complexity index is 267. The third kappa shape index (κ3) is 4.02. The van der Waals surface area contributed by atoms with E-state index >= 15 is 0 Å². The Morgan fingerprint density at radius 3 is 2.07 bits per heavy atom. The summed E-state index contributed by atoms with van der Waals surface area (Å²) in [5.41, 5.74) is 1.41. The van der Waals surface area contributed by atoms with Crippen LogP contribution in [0.4, 0.5) is 0 Å². The smallest absolute Gasteiger partial charge is 0.0354 e. The highest BCUT2D eigenvalue weighted by molar-refractivity contribution is 5.18. The van der Waals surface area contributed by atoms with Gasteiger partial charge in [0.1, 0.15) is 0 Å². The summed E-state index contributed by atoms with van der Waals surface area (Å²) < 4.78 is 0. The van der Waals surface area contributed by atoms with Gasteiger partial charge in [-0.1, -0.05) is 30.3 Å². The number of hydrogen-bond donors (Lipinski definition) is 0. The highest BCUT2D eigenvalue weighted by Crippen LogP contribution is 2.21. The molecule has 1 atom stereocenters.